The molecule has 2 bridgehead atoms. The molecule has 2 fully saturated rings. The van der Waals surface area contributed by atoms with Crippen LogP contribution in [0.15, 0.2) is 49.1 Å². The van der Waals surface area contributed by atoms with Crippen LogP contribution in [0.4, 0.5) is 0 Å². The van der Waals surface area contributed by atoms with Crippen molar-refractivity contribution in [3.05, 3.63) is 71.3 Å². The summed E-state index contributed by atoms with van der Waals surface area (Å²) in [5.74, 6) is 7.56. The number of benzene rings is 2. The Balaban J connectivity index is 1.44. The monoisotopic (exact) mass is 540 g/mol. The van der Waals surface area contributed by atoms with Gasteiger partial charge >= 0.3 is 0 Å². The maximum atomic E-state index is 13.9. The molecule has 0 radical (unpaired) electrons. The molecule has 6 heteroatoms. The lowest BCUT2D eigenvalue weighted by Crippen LogP contribution is -2.78. The van der Waals surface area contributed by atoms with E-state index >= 15 is 0 Å². The molecule has 2 aromatic rings. The van der Waals surface area contributed by atoms with Crippen molar-refractivity contribution in [2.24, 2.45) is 5.92 Å². The predicted octanol–water partition coefficient (Wildman–Crippen LogP) is 4.25. The molecule has 1 amide bonds. The lowest BCUT2D eigenvalue weighted by Gasteiger charge is -2.64. The second kappa shape index (κ2) is 9.98. The number of likely N-dealkylation sites (tertiary alicyclic amines) is 1. The highest BCUT2D eigenvalue weighted by Crippen LogP contribution is 2.66. The van der Waals surface area contributed by atoms with Crippen LogP contribution < -0.4 is 9.47 Å². The van der Waals surface area contributed by atoms with Gasteiger partial charge < -0.3 is 19.5 Å². The highest BCUT2D eigenvalue weighted by atomic mass is 16.5. The van der Waals surface area contributed by atoms with Crippen LogP contribution in [-0.2, 0) is 16.6 Å². The summed E-state index contributed by atoms with van der Waals surface area (Å²) in [6, 6.07) is 11.8. The van der Waals surface area contributed by atoms with Crippen LogP contribution in [0.3, 0.4) is 0 Å². The van der Waals surface area contributed by atoms with Crippen LogP contribution in [0.1, 0.15) is 55.4 Å². The molecule has 2 aliphatic heterocycles. The van der Waals surface area contributed by atoms with E-state index in [2.05, 4.69) is 43.2 Å². The Hall–Kier alpha value is -3.27. The Morgan fingerprint density at radius 1 is 1.32 bits per heavy atom. The molecule has 0 aromatic heterocycles. The molecule has 2 heterocycles. The molecule has 1 saturated carbocycles. The normalized spacial score (nSPS) is 29.6. The van der Waals surface area contributed by atoms with Gasteiger partial charge in [-0.1, -0.05) is 44.0 Å². The summed E-state index contributed by atoms with van der Waals surface area (Å²) in [5, 5.41) is 12.7. The molecule has 1 N–H and O–H groups in total. The first-order valence-corrected chi connectivity index (χ1v) is 14.6. The number of carbonyl (C=O) groups excluding carboxylic acids is 1. The molecule has 2 aliphatic carbocycles. The van der Waals surface area contributed by atoms with Crippen LogP contribution in [0.25, 0.3) is 0 Å². The number of aryl methyl sites for hydroxylation is 1. The van der Waals surface area contributed by atoms with Crippen molar-refractivity contribution in [3.8, 4) is 23.3 Å². The zero-order valence-corrected chi connectivity index (χ0v) is 24.1. The molecule has 1 saturated heterocycles. The van der Waals surface area contributed by atoms with Gasteiger partial charge in [-0.25, -0.2) is 0 Å². The molecule has 6 nitrogen and oxygen atoms in total. The first-order valence-electron chi connectivity index (χ1n) is 14.6. The number of aliphatic hydroxyl groups is 1. The van der Waals surface area contributed by atoms with Crippen molar-refractivity contribution in [2.75, 3.05) is 26.7 Å². The molecule has 0 unspecified atom stereocenters. The Kier molecular flexibility index (Phi) is 6.71. The van der Waals surface area contributed by atoms with E-state index in [9.17, 15) is 9.90 Å². The van der Waals surface area contributed by atoms with Gasteiger partial charge in [0.25, 0.3) is 5.91 Å². The fourth-order valence-electron chi connectivity index (χ4n) is 8.14. The van der Waals surface area contributed by atoms with Gasteiger partial charge in [0.2, 0.25) is 0 Å². The van der Waals surface area contributed by atoms with Gasteiger partial charge in [-0.3, -0.25) is 9.69 Å². The summed E-state index contributed by atoms with van der Waals surface area (Å²) in [6.45, 7) is 12.4. The summed E-state index contributed by atoms with van der Waals surface area (Å²) in [5.41, 5.74) is 2.66. The summed E-state index contributed by atoms with van der Waals surface area (Å²) in [6.07, 6.45) is 4.31. The Labute approximate surface area is 238 Å². The lowest BCUT2D eigenvalue weighted by molar-refractivity contribution is -0.199. The van der Waals surface area contributed by atoms with Gasteiger partial charge in [0, 0.05) is 36.2 Å². The van der Waals surface area contributed by atoms with E-state index < -0.39 is 11.0 Å². The van der Waals surface area contributed by atoms with E-state index in [1.165, 1.54) is 5.56 Å². The summed E-state index contributed by atoms with van der Waals surface area (Å²) in [4.78, 5) is 18.2. The fraction of sp³-hybridized carbons (Fsp3) is 0.500. The van der Waals surface area contributed by atoms with Crippen molar-refractivity contribution in [2.45, 2.75) is 75.7 Å². The number of piperidine rings is 1. The SMILES string of the molecule is C=CCN1CC[C@]23c4c5ccc(OC)c4O[C@H]2[C@@H](N(CC(C)C)C(=O)C#Cc2cccc(C)c2)CC[C@@]3(O)[C@H]1C5. The molecule has 4 aliphatic rings. The highest BCUT2D eigenvalue weighted by Gasteiger charge is 2.73. The zero-order valence-electron chi connectivity index (χ0n) is 24.1. The second-order valence-corrected chi connectivity index (χ2v) is 12.4. The molecule has 2 aromatic carbocycles. The number of nitrogens with zero attached hydrogens (tertiary/aromatic N) is 2. The van der Waals surface area contributed by atoms with E-state index in [1.54, 1.807) is 7.11 Å². The van der Waals surface area contributed by atoms with Crippen molar-refractivity contribution >= 4 is 5.91 Å². The van der Waals surface area contributed by atoms with Gasteiger partial charge in [0.1, 0.15) is 6.10 Å². The van der Waals surface area contributed by atoms with E-state index in [0.717, 1.165) is 48.4 Å². The Bertz CT molecular complexity index is 1410. The number of rotatable bonds is 6. The van der Waals surface area contributed by atoms with Gasteiger partial charge in [-0.15, -0.1) is 6.58 Å². The van der Waals surface area contributed by atoms with Gasteiger partial charge in [0.15, 0.2) is 11.5 Å². The second-order valence-electron chi connectivity index (χ2n) is 12.4. The van der Waals surface area contributed by atoms with Crippen molar-refractivity contribution in [1.29, 1.82) is 0 Å². The number of hydrogen-bond donors (Lipinski definition) is 1. The van der Waals surface area contributed by atoms with Crippen LogP contribution in [0.2, 0.25) is 0 Å². The molecule has 5 atom stereocenters. The minimum absolute atomic E-state index is 0.0338. The topological polar surface area (TPSA) is 62.2 Å². The van der Waals surface area contributed by atoms with Crippen LogP contribution in [0.5, 0.6) is 11.5 Å². The van der Waals surface area contributed by atoms with Gasteiger partial charge in [0.05, 0.1) is 24.2 Å². The molecule has 40 heavy (non-hydrogen) atoms. The minimum atomic E-state index is -0.972. The first-order chi connectivity index (χ1) is 19.2. The lowest BCUT2D eigenvalue weighted by atomic mass is 9.48. The van der Waals surface area contributed by atoms with Gasteiger partial charge in [-0.2, -0.15) is 0 Å². The molecule has 210 valence electrons. The van der Waals surface area contributed by atoms with E-state index in [4.69, 9.17) is 9.47 Å². The molecular weight excluding hydrogens is 500 g/mol. The maximum absolute atomic E-state index is 13.9. The average Bonchev–Trinajstić information content (AvgIpc) is 3.28. The van der Waals surface area contributed by atoms with E-state index in [0.29, 0.717) is 25.1 Å². The smallest absolute Gasteiger partial charge is 0.299 e. The summed E-state index contributed by atoms with van der Waals surface area (Å²) < 4.78 is 12.7. The average molecular weight is 541 g/mol. The summed E-state index contributed by atoms with van der Waals surface area (Å²) >= 11 is 0. The number of hydrogen-bond acceptors (Lipinski definition) is 5. The van der Waals surface area contributed by atoms with Crippen molar-refractivity contribution in [1.82, 2.24) is 9.80 Å². The third kappa shape index (κ3) is 3.89. The molecule has 1 spiro atoms. The predicted molar refractivity (Wildman–Crippen MR) is 156 cm³/mol. The molecule has 6 rings (SSSR count). The van der Waals surface area contributed by atoms with E-state index in [1.807, 2.05) is 48.2 Å². The van der Waals surface area contributed by atoms with Crippen molar-refractivity contribution < 1.29 is 19.4 Å². The zero-order chi connectivity index (χ0) is 28.2. The number of amides is 1. The van der Waals surface area contributed by atoms with Crippen molar-refractivity contribution in [3.63, 3.8) is 0 Å². The highest BCUT2D eigenvalue weighted by molar-refractivity contribution is 5.94. The van der Waals surface area contributed by atoms with Gasteiger partial charge in [-0.05, 0) is 74.4 Å². The number of ether oxygens (including phenoxy) is 2. The first kappa shape index (κ1) is 26.9. The third-order valence-corrected chi connectivity index (χ3v) is 9.66. The number of carbonyl (C=O) groups is 1. The van der Waals surface area contributed by atoms with Crippen LogP contribution in [0, 0.1) is 24.7 Å². The van der Waals surface area contributed by atoms with Crippen LogP contribution >= 0.6 is 0 Å². The largest absolute Gasteiger partial charge is 0.493 e. The minimum Gasteiger partial charge on any atom is -0.493 e. The standard InChI is InChI=1S/C34H40N2O4/c1-6-17-35-18-16-33-30-25-11-12-27(39-5)31(30)40-32(33)26(14-15-34(33,38)28(35)20-25)36(21-22(2)3)29(37)13-10-24-9-7-8-23(4)19-24/h6-9,11-12,19,22,26,28,32,38H,1,14-18,20-21H2,2-5H3/t26-,28+,32-,33-,34+/m0/s1. The molecular formula is C34H40N2O4. The van der Waals surface area contributed by atoms with Crippen LogP contribution in [-0.4, -0.2) is 71.3 Å². The Morgan fingerprint density at radius 2 is 2.15 bits per heavy atom. The maximum Gasteiger partial charge on any atom is 0.299 e. The summed E-state index contributed by atoms with van der Waals surface area (Å²) in [7, 11) is 1.67. The third-order valence-electron chi connectivity index (χ3n) is 9.66. The fourth-order valence-corrected chi connectivity index (χ4v) is 8.14. The number of methoxy groups -OCH3 is 1. The Morgan fingerprint density at radius 3 is 2.88 bits per heavy atom. The quantitative estimate of drug-likeness (QED) is 0.439. The van der Waals surface area contributed by atoms with E-state index in [-0.39, 0.29) is 30.0 Å².